The number of nitrogens with zero attached hydrogens (tertiary/aromatic N) is 5. The van der Waals surface area contributed by atoms with Crippen LogP contribution in [0, 0.1) is 5.92 Å². The molecule has 0 aliphatic carbocycles. The molecule has 1 fully saturated rings. The molecule has 34 heavy (non-hydrogen) atoms. The highest BCUT2D eigenvalue weighted by Gasteiger charge is 2.26. The Morgan fingerprint density at radius 1 is 1.26 bits per heavy atom. The molecular weight excluding hydrogens is 522 g/mol. The third kappa shape index (κ3) is 4.53. The van der Waals surface area contributed by atoms with Gasteiger partial charge in [-0.25, -0.2) is 15.0 Å². The first-order valence-electron chi connectivity index (χ1n) is 11.2. The Hall–Kier alpha value is -2.57. The average Bonchev–Trinajstić information content (AvgIpc) is 3.42. The van der Waals surface area contributed by atoms with Gasteiger partial charge < -0.3 is 30.4 Å². The van der Waals surface area contributed by atoms with E-state index < -0.39 is 6.04 Å². The maximum Gasteiger partial charge on any atom is 0.239 e. The Labute approximate surface area is 209 Å². The number of amides is 1. The SMILES string of the molecule is CC(N)C(=O)N1CCC(CCn2c(Sc3cc4c(cc3Br)OCO4)nc3c(N)ncnc32)CC1. The number of benzene rings is 1. The van der Waals surface area contributed by atoms with E-state index in [1.165, 1.54) is 18.1 Å². The standard InChI is InChI=1S/C22H26BrN7O3S/c1-12(24)21(31)29-5-2-13(3-6-29)4-7-30-20-18(19(25)26-10-27-20)28-22(30)34-17-9-16-15(8-14(17)23)32-11-33-16/h8-10,12-13H,2-7,11,24H2,1H3,(H2,25,26,27). The molecule has 1 amide bonds. The molecule has 4 heterocycles. The third-order valence-corrected chi connectivity index (χ3v) is 8.20. The van der Waals surface area contributed by atoms with Crippen molar-refractivity contribution in [1.82, 2.24) is 24.4 Å². The van der Waals surface area contributed by atoms with Gasteiger partial charge in [-0.2, -0.15) is 0 Å². The van der Waals surface area contributed by atoms with Crippen molar-refractivity contribution in [2.24, 2.45) is 11.7 Å². The lowest BCUT2D eigenvalue weighted by Crippen LogP contribution is -2.46. The number of fused-ring (bicyclic) bond motifs is 2. The van der Waals surface area contributed by atoms with E-state index in [1.54, 1.807) is 6.92 Å². The lowest BCUT2D eigenvalue weighted by atomic mass is 9.93. The van der Waals surface area contributed by atoms with Gasteiger partial charge in [0.15, 0.2) is 33.6 Å². The van der Waals surface area contributed by atoms with Gasteiger partial charge in [0.2, 0.25) is 12.7 Å². The fourth-order valence-electron chi connectivity index (χ4n) is 4.33. The van der Waals surface area contributed by atoms with Crippen molar-refractivity contribution >= 4 is 50.6 Å². The van der Waals surface area contributed by atoms with Crippen LogP contribution < -0.4 is 20.9 Å². The summed E-state index contributed by atoms with van der Waals surface area (Å²) in [4.78, 5) is 28.4. The van der Waals surface area contributed by atoms with Crippen LogP contribution in [0.5, 0.6) is 11.5 Å². The molecule has 1 saturated heterocycles. The Bertz CT molecular complexity index is 1230. The van der Waals surface area contributed by atoms with Gasteiger partial charge in [-0.05, 0) is 60.2 Å². The molecule has 4 N–H and O–H groups in total. The van der Waals surface area contributed by atoms with E-state index in [-0.39, 0.29) is 12.7 Å². The maximum atomic E-state index is 12.2. The zero-order valence-electron chi connectivity index (χ0n) is 18.7. The van der Waals surface area contributed by atoms with Crippen molar-refractivity contribution in [2.45, 2.75) is 48.8 Å². The summed E-state index contributed by atoms with van der Waals surface area (Å²) in [5.41, 5.74) is 13.2. The number of ether oxygens (including phenoxy) is 2. The van der Waals surface area contributed by atoms with Crippen molar-refractivity contribution in [2.75, 3.05) is 25.6 Å². The molecule has 0 radical (unpaired) electrons. The zero-order chi connectivity index (χ0) is 23.8. The molecule has 2 aliphatic heterocycles. The summed E-state index contributed by atoms with van der Waals surface area (Å²) in [6.45, 7) is 4.19. The molecule has 5 rings (SSSR count). The lowest BCUT2D eigenvalue weighted by molar-refractivity contribution is -0.133. The third-order valence-electron chi connectivity index (χ3n) is 6.23. The molecule has 12 heteroatoms. The van der Waals surface area contributed by atoms with Gasteiger partial charge in [0.05, 0.1) is 6.04 Å². The number of anilines is 1. The number of carbonyl (C=O) groups is 1. The molecule has 0 saturated carbocycles. The lowest BCUT2D eigenvalue weighted by Gasteiger charge is -2.33. The summed E-state index contributed by atoms with van der Waals surface area (Å²) in [7, 11) is 0. The topological polar surface area (TPSA) is 134 Å². The van der Waals surface area contributed by atoms with Crippen molar-refractivity contribution in [3.63, 3.8) is 0 Å². The molecule has 1 unspecified atom stereocenters. The first kappa shape index (κ1) is 23.2. The molecule has 0 spiro atoms. The summed E-state index contributed by atoms with van der Waals surface area (Å²) < 4.78 is 14.0. The summed E-state index contributed by atoms with van der Waals surface area (Å²) in [6.07, 6.45) is 4.33. The number of hydrogen-bond donors (Lipinski definition) is 2. The van der Waals surface area contributed by atoms with Gasteiger partial charge in [0.1, 0.15) is 6.33 Å². The fourth-order valence-corrected chi connectivity index (χ4v) is 5.84. The van der Waals surface area contributed by atoms with Crippen LogP contribution in [0.15, 0.2) is 33.0 Å². The summed E-state index contributed by atoms with van der Waals surface area (Å²) in [6, 6.07) is 3.40. The minimum absolute atomic E-state index is 0.0271. The number of likely N-dealkylation sites (tertiary alicyclic amines) is 1. The van der Waals surface area contributed by atoms with Crippen molar-refractivity contribution < 1.29 is 14.3 Å². The number of nitrogens with two attached hydrogens (primary N) is 2. The monoisotopic (exact) mass is 547 g/mol. The van der Waals surface area contributed by atoms with Gasteiger partial charge >= 0.3 is 0 Å². The number of halogens is 1. The normalized spacial score (nSPS) is 16.9. The Balaban J connectivity index is 1.36. The number of nitrogen functional groups attached to an aromatic ring is 1. The van der Waals surface area contributed by atoms with E-state index in [1.807, 2.05) is 17.0 Å². The molecule has 180 valence electrons. The van der Waals surface area contributed by atoms with E-state index in [9.17, 15) is 4.79 Å². The number of carbonyl (C=O) groups excluding carboxylic acids is 1. The predicted molar refractivity (Wildman–Crippen MR) is 132 cm³/mol. The largest absolute Gasteiger partial charge is 0.454 e. The van der Waals surface area contributed by atoms with Gasteiger partial charge in [-0.15, -0.1) is 0 Å². The van der Waals surface area contributed by atoms with Gasteiger partial charge in [0, 0.05) is 29.0 Å². The second-order valence-corrected chi connectivity index (χ2v) is 10.4. The number of imidazole rings is 1. The first-order chi connectivity index (χ1) is 16.4. The molecule has 1 atom stereocenters. The zero-order valence-corrected chi connectivity index (χ0v) is 21.1. The Morgan fingerprint density at radius 3 is 2.74 bits per heavy atom. The molecule has 2 aromatic heterocycles. The van der Waals surface area contributed by atoms with Crippen LogP contribution in [-0.2, 0) is 11.3 Å². The molecule has 3 aromatic rings. The van der Waals surface area contributed by atoms with Crippen molar-refractivity contribution in [3.05, 3.63) is 22.9 Å². The second-order valence-electron chi connectivity index (χ2n) is 8.56. The number of aromatic nitrogens is 4. The van der Waals surface area contributed by atoms with Crippen molar-refractivity contribution in [1.29, 1.82) is 0 Å². The van der Waals surface area contributed by atoms with Crippen molar-refractivity contribution in [3.8, 4) is 11.5 Å². The van der Waals surface area contributed by atoms with Crippen LogP contribution in [0.2, 0.25) is 0 Å². The smallest absolute Gasteiger partial charge is 0.239 e. The van der Waals surface area contributed by atoms with Crippen LogP contribution in [0.1, 0.15) is 26.2 Å². The quantitative estimate of drug-likeness (QED) is 0.477. The summed E-state index contributed by atoms with van der Waals surface area (Å²) >= 11 is 5.15. The molecule has 2 aliphatic rings. The number of aryl methyl sites for hydroxylation is 1. The average molecular weight is 548 g/mol. The Kier molecular flexibility index (Phi) is 6.54. The summed E-state index contributed by atoms with van der Waals surface area (Å²) in [5, 5.41) is 0.784. The second kappa shape index (κ2) is 9.59. The van der Waals surface area contributed by atoms with Gasteiger partial charge in [-0.1, -0.05) is 11.8 Å². The summed E-state index contributed by atoms with van der Waals surface area (Å²) in [5.74, 6) is 2.32. The van der Waals surface area contributed by atoms with Crippen LogP contribution in [0.4, 0.5) is 5.82 Å². The number of piperidine rings is 1. The van der Waals surface area contributed by atoms with E-state index in [0.29, 0.717) is 28.8 Å². The van der Waals surface area contributed by atoms with Gasteiger partial charge in [0.25, 0.3) is 0 Å². The van der Waals surface area contributed by atoms with E-state index >= 15 is 0 Å². The molecule has 10 nitrogen and oxygen atoms in total. The van der Waals surface area contributed by atoms with E-state index in [4.69, 9.17) is 25.9 Å². The highest BCUT2D eigenvalue weighted by Crippen LogP contribution is 2.43. The minimum Gasteiger partial charge on any atom is -0.454 e. The molecule has 1 aromatic carbocycles. The number of hydrogen-bond acceptors (Lipinski definition) is 9. The molecular formula is C22H26BrN7O3S. The minimum atomic E-state index is -0.450. The first-order valence-corrected chi connectivity index (χ1v) is 12.8. The highest BCUT2D eigenvalue weighted by atomic mass is 79.9. The van der Waals surface area contributed by atoms with E-state index in [2.05, 4.69) is 30.5 Å². The van der Waals surface area contributed by atoms with Crippen LogP contribution >= 0.6 is 27.7 Å². The van der Waals surface area contributed by atoms with Crippen LogP contribution in [0.3, 0.4) is 0 Å². The molecule has 0 bridgehead atoms. The number of rotatable bonds is 6. The van der Waals surface area contributed by atoms with Crippen LogP contribution in [0.25, 0.3) is 11.2 Å². The maximum absolute atomic E-state index is 12.2. The fraction of sp³-hybridized carbons (Fsp3) is 0.455. The van der Waals surface area contributed by atoms with Crippen LogP contribution in [-0.4, -0.2) is 56.3 Å². The Morgan fingerprint density at radius 2 is 2.00 bits per heavy atom. The van der Waals surface area contributed by atoms with Gasteiger partial charge in [-0.3, -0.25) is 4.79 Å². The predicted octanol–water partition coefficient (Wildman–Crippen LogP) is 3.03. The van der Waals surface area contributed by atoms with E-state index in [0.717, 1.165) is 59.1 Å². The highest BCUT2D eigenvalue weighted by molar-refractivity contribution is 9.10.